The second-order valence-corrected chi connectivity index (χ2v) is 7.05. The molecule has 17 heavy (non-hydrogen) atoms. The molecular weight excluding hydrogens is 236 g/mol. The van der Waals surface area contributed by atoms with Gasteiger partial charge in [-0.2, -0.15) is 0 Å². The van der Waals surface area contributed by atoms with Gasteiger partial charge in [0.25, 0.3) is 0 Å². The second kappa shape index (κ2) is 6.12. The predicted octanol–water partition coefficient (Wildman–Crippen LogP) is 1.56. The molecule has 1 heterocycles. The van der Waals surface area contributed by atoms with Gasteiger partial charge in [-0.05, 0) is 32.4 Å². The zero-order valence-corrected chi connectivity index (χ0v) is 11.4. The number of pyridine rings is 1. The van der Waals surface area contributed by atoms with E-state index in [4.69, 9.17) is 0 Å². The lowest BCUT2D eigenvalue weighted by Crippen LogP contribution is -2.29. The summed E-state index contributed by atoms with van der Waals surface area (Å²) >= 11 is 0. The quantitative estimate of drug-likeness (QED) is 0.839. The van der Waals surface area contributed by atoms with E-state index >= 15 is 0 Å². The Kier molecular flexibility index (Phi) is 5.08. The van der Waals surface area contributed by atoms with Gasteiger partial charge in [0.15, 0.2) is 9.84 Å². The maximum atomic E-state index is 11.6. The third kappa shape index (κ3) is 4.44. The molecule has 1 N–H and O–H groups in total. The largest absolute Gasteiger partial charge is 0.309 e. The van der Waals surface area contributed by atoms with Crippen molar-refractivity contribution in [1.82, 2.24) is 10.3 Å². The van der Waals surface area contributed by atoms with E-state index in [1.807, 2.05) is 19.1 Å². The summed E-state index contributed by atoms with van der Waals surface area (Å²) in [5.41, 5.74) is 1.06. The van der Waals surface area contributed by atoms with Crippen LogP contribution in [-0.4, -0.2) is 30.9 Å². The molecule has 1 rings (SSSR count). The summed E-state index contributed by atoms with van der Waals surface area (Å²) in [6, 6.07) is 3.96. The van der Waals surface area contributed by atoms with Gasteiger partial charge in [-0.25, -0.2) is 8.42 Å². The maximum absolute atomic E-state index is 11.6. The van der Waals surface area contributed by atoms with E-state index in [-0.39, 0.29) is 17.0 Å². The molecule has 0 spiro atoms. The molecule has 0 amide bonds. The van der Waals surface area contributed by atoms with Crippen molar-refractivity contribution in [3.8, 4) is 0 Å². The summed E-state index contributed by atoms with van der Waals surface area (Å²) in [6.07, 6.45) is 3.51. The smallest absolute Gasteiger partial charge is 0.153 e. The summed E-state index contributed by atoms with van der Waals surface area (Å²) < 4.78 is 23.2. The highest BCUT2D eigenvalue weighted by atomic mass is 32.2. The first-order chi connectivity index (χ1) is 7.93. The van der Waals surface area contributed by atoms with Gasteiger partial charge >= 0.3 is 0 Å². The maximum Gasteiger partial charge on any atom is 0.153 e. The standard InChI is InChI=1S/C12H20N2O2S/c1-10(2)17(15,16)8-7-14-11(3)12-5-4-6-13-9-12/h4-6,9-11,14H,7-8H2,1-3H3/t11-/m0/s1. The highest BCUT2D eigenvalue weighted by Gasteiger charge is 2.15. The fourth-order valence-electron chi connectivity index (χ4n) is 1.40. The zero-order chi connectivity index (χ0) is 12.9. The summed E-state index contributed by atoms with van der Waals surface area (Å²) in [5, 5.41) is 2.88. The van der Waals surface area contributed by atoms with Crippen molar-refractivity contribution < 1.29 is 8.42 Å². The average molecular weight is 256 g/mol. The minimum Gasteiger partial charge on any atom is -0.309 e. The third-order valence-electron chi connectivity index (χ3n) is 2.74. The molecule has 0 aromatic carbocycles. The normalized spacial score (nSPS) is 13.9. The highest BCUT2D eigenvalue weighted by molar-refractivity contribution is 7.92. The molecule has 0 aliphatic heterocycles. The summed E-state index contributed by atoms with van der Waals surface area (Å²) in [4.78, 5) is 4.03. The van der Waals surface area contributed by atoms with E-state index < -0.39 is 9.84 Å². The van der Waals surface area contributed by atoms with Gasteiger partial charge in [-0.3, -0.25) is 4.98 Å². The lowest BCUT2D eigenvalue weighted by molar-refractivity contribution is 0.566. The number of rotatable bonds is 6. The summed E-state index contributed by atoms with van der Waals surface area (Å²) in [5.74, 6) is 0.176. The first kappa shape index (κ1) is 14.1. The zero-order valence-electron chi connectivity index (χ0n) is 10.6. The highest BCUT2D eigenvalue weighted by Crippen LogP contribution is 2.09. The fourth-order valence-corrected chi connectivity index (χ4v) is 2.28. The van der Waals surface area contributed by atoms with Crippen LogP contribution >= 0.6 is 0 Å². The van der Waals surface area contributed by atoms with E-state index in [1.54, 1.807) is 26.2 Å². The molecule has 0 aliphatic carbocycles. The Morgan fingerprint density at radius 1 is 1.35 bits per heavy atom. The molecule has 0 fully saturated rings. The lowest BCUT2D eigenvalue weighted by Gasteiger charge is -2.14. The molecule has 0 saturated carbocycles. The molecule has 5 heteroatoms. The molecule has 0 unspecified atom stereocenters. The number of nitrogens with zero attached hydrogens (tertiary/aromatic N) is 1. The Hall–Kier alpha value is -0.940. The predicted molar refractivity (Wildman–Crippen MR) is 69.6 cm³/mol. The van der Waals surface area contributed by atoms with Crippen LogP contribution in [0.1, 0.15) is 32.4 Å². The van der Waals surface area contributed by atoms with Crippen molar-refractivity contribution in [2.75, 3.05) is 12.3 Å². The van der Waals surface area contributed by atoms with Crippen LogP contribution in [0.4, 0.5) is 0 Å². The van der Waals surface area contributed by atoms with Crippen molar-refractivity contribution in [3.63, 3.8) is 0 Å². The second-order valence-electron chi connectivity index (χ2n) is 4.38. The van der Waals surface area contributed by atoms with Crippen LogP contribution in [0.3, 0.4) is 0 Å². The van der Waals surface area contributed by atoms with Crippen LogP contribution in [0.15, 0.2) is 24.5 Å². The number of hydrogen-bond donors (Lipinski definition) is 1. The molecule has 4 nitrogen and oxygen atoms in total. The van der Waals surface area contributed by atoms with Gasteiger partial charge in [-0.1, -0.05) is 6.07 Å². The summed E-state index contributed by atoms with van der Waals surface area (Å²) in [7, 11) is -2.95. The van der Waals surface area contributed by atoms with E-state index in [1.165, 1.54) is 0 Å². The Morgan fingerprint density at radius 2 is 2.06 bits per heavy atom. The molecular formula is C12H20N2O2S. The van der Waals surface area contributed by atoms with Gasteiger partial charge in [0.05, 0.1) is 11.0 Å². The van der Waals surface area contributed by atoms with Crippen molar-refractivity contribution in [3.05, 3.63) is 30.1 Å². The Morgan fingerprint density at radius 3 is 2.59 bits per heavy atom. The first-order valence-electron chi connectivity index (χ1n) is 5.78. The minimum absolute atomic E-state index is 0.117. The Bertz CT molecular complexity index is 429. The Labute approximate surface area is 103 Å². The van der Waals surface area contributed by atoms with Crippen molar-refractivity contribution in [2.45, 2.75) is 32.1 Å². The molecule has 96 valence electrons. The average Bonchev–Trinajstić information content (AvgIpc) is 2.29. The number of sulfone groups is 1. The molecule has 1 aromatic rings. The van der Waals surface area contributed by atoms with Crippen LogP contribution < -0.4 is 5.32 Å². The number of nitrogens with one attached hydrogen (secondary N) is 1. The number of hydrogen-bond acceptors (Lipinski definition) is 4. The Balaban J connectivity index is 2.43. The van der Waals surface area contributed by atoms with E-state index in [9.17, 15) is 8.42 Å². The van der Waals surface area contributed by atoms with E-state index in [2.05, 4.69) is 10.3 Å². The molecule has 1 aromatic heterocycles. The van der Waals surface area contributed by atoms with E-state index in [0.29, 0.717) is 6.54 Å². The van der Waals surface area contributed by atoms with E-state index in [0.717, 1.165) is 5.56 Å². The topological polar surface area (TPSA) is 59.1 Å². The monoisotopic (exact) mass is 256 g/mol. The van der Waals surface area contributed by atoms with Crippen LogP contribution in [0.25, 0.3) is 0 Å². The molecule has 0 bridgehead atoms. The molecule has 1 atom stereocenters. The van der Waals surface area contributed by atoms with Crippen molar-refractivity contribution >= 4 is 9.84 Å². The summed E-state index contributed by atoms with van der Waals surface area (Å²) in [6.45, 7) is 5.88. The van der Waals surface area contributed by atoms with Crippen LogP contribution in [0.2, 0.25) is 0 Å². The molecule has 0 saturated heterocycles. The first-order valence-corrected chi connectivity index (χ1v) is 7.50. The SMILES string of the molecule is CC(C)S(=O)(=O)CCN[C@@H](C)c1cccnc1. The van der Waals surface area contributed by atoms with Gasteiger partial charge in [0.2, 0.25) is 0 Å². The van der Waals surface area contributed by atoms with Gasteiger partial charge in [-0.15, -0.1) is 0 Å². The minimum atomic E-state index is -2.95. The van der Waals surface area contributed by atoms with Crippen LogP contribution in [0.5, 0.6) is 0 Å². The molecule has 0 radical (unpaired) electrons. The molecule has 0 aliphatic rings. The fraction of sp³-hybridized carbons (Fsp3) is 0.583. The third-order valence-corrected chi connectivity index (χ3v) is 4.95. The van der Waals surface area contributed by atoms with Gasteiger partial charge < -0.3 is 5.32 Å². The van der Waals surface area contributed by atoms with Crippen molar-refractivity contribution in [2.24, 2.45) is 0 Å². The van der Waals surface area contributed by atoms with Crippen LogP contribution in [-0.2, 0) is 9.84 Å². The van der Waals surface area contributed by atoms with Gasteiger partial charge in [0, 0.05) is 25.0 Å². The van der Waals surface area contributed by atoms with Crippen molar-refractivity contribution in [1.29, 1.82) is 0 Å². The lowest BCUT2D eigenvalue weighted by atomic mass is 10.1. The van der Waals surface area contributed by atoms with Crippen LogP contribution in [0, 0.1) is 0 Å². The van der Waals surface area contributed by atoms with Gasteiger partial charge in [0.1, 0.15) is 0 Å². The number of aromatic nitrogens is 1.